The second-order valence-electron chi connectivity index (χ2n) is 8.52. The average molecular weight is 597 g/mol. The Morgan fingerprint density at radius 3 is 2.65 bits per heavy atom. The highest BCUT2D eigenvalue weighted by Gasteiger charge is 2.42. The molecular weight excluding hydrogens is 576 g/mol. The van der Waals surface area contributed by atoms with E-state index in [0.717, 1.165) is 23.2 Å². The number of carbonyl (C=O) groups excluding carboxylic acids is 1. The van der Waals surface area contributed by atoms with Crippen LogP contribution >= 0.6 is 34.3 Å². The Kier molecular flexibility index (Phi) is 7.11. The van der Waals surface area contributed by atoms with E-state index in [-0.39, 0.29) is 22.2 Å². The largest absolute Gasteiger partial charge is 0.282 e. The highest BCUT2D eigenvalue weighted by molar-refractivity contribution is 7.91. The molecule has 1 aliphatic heterocycles. The minimum atomic E-state index is -3.92. The van der Waals surface area contributed by atoms with Crippen LogP contribution < -0.4 is 4.90 Å². The van der Waals surface area contributed by atoms with Gasteiger partial charge in [-0.1, -0.05) is 29.0 Å². The number of sulfonamides is 1. The van der Waals surface area contributed by atoms with Crippen molar-refractivity contribution in [1.29, 1.82) is 0 Å². The molecule has 3 aromatic heterocycles. The van der Waals surface area contributed by atoms with Crippen LogP contribution in [0.15, 0.2) is 64.0 Å². The van der Waals surface area contributed by atoms with Crippen molar-refractivity contribution in [3.8, 4) is 0 Å². The van der Waals surface area contributed by atoms with E-state index in [1.807, 2.05) is 6.07 Å². The van der Waals surface area contributed by atoms with Gasteiger partial charge in [-0.25, -0.2) is 21.8 Å². The van der Waals surface area contributed by atoms with Gasteiger partial charge in [0.1, 0.15) is 10.3 Å². The molecule has 0 spiro atoms. The summed E-state index contributed by atoms with van der Waals surface area (Å²) in [6.45, 7) is 0.340. The standard InChI is InChI=1S/C23H21ClN4O5S4/c1-36(30,31)16-6-7-17-19(12-16)34-23(26-17)27(14-15-4-2-10-25-13-15)22(29)18-5-3-11-28(18)37(32,33)21-9-8-20(24)35-21/h2,4,6-10,12-13,18H,3,5,11,14H2,1H3. The van der Waals surface area contributed by atoms with Crippen molar-refractivity contribution in [2.45, 2.75) is 34.5 Å². The lowest BCUT2D eigenvalue weighted by Gasteiger charge is -2.28. The van der Waals surface area contributed by atoms with Crippen LogP contribution in [0.2, 0.25) is 4.34 Å². The number of nitrogens with zero attached hydrogens (tertiary/aromatic N) is 4. The zero-order valence-corrected chi connectivity index (χ0v) is 23.5. The van der Waals surface area contributed by atoms with Crippen molar-refractivity contribution in [3.05, 3.63) is 64.8 Å². The van der Waals surface area contributed by atoms with E-state index in [9.17, 15) is 21.6 Å². The van der Waals surface area contributed by atoms with Crippen LogP contribution in [-0.4, -0.2) is 55.9 Å². The maximum atomic E-state index is 14.0. The minimum Gasteiger partial charge on any atom is -0.282 e. The fourth-order valence-electron chi connectivity index (χ4n) is 4.16. The molecule has 14 heteroatoms. The van der Waals surface area contributed by atoms with E-state index >= 15 is 0 Å². The first kappa shape index (κ1) is 26.2. The second-order valence-corrected chi connectivity index (χ2v) is 15.4. The first-order valence-electron chi connectivity index (χ1n) is 11.1. The van der Waals surface area contributed by atoms with E-state index in [1.165, 1.54) is 44.8 Å². The number of hydrogen-bond donors (Lipinski definition) is 0. The number of hydrogen-bond acceptors (Lipinski definition) is 9. The quantitative estimate of drug-likeness (QED) is 0.314. The van der Waals surface area contributed by atoms with Gasteiger partial charge >= 0.3 is 0 Å². The number of benzene rings is 1. The summed E-state index contributed by atoms with van der Waals surface area (Å²) in [5, 5.41) is 0.345. The third-order valence-electron chi connectivity index (χ3n) is 5.94. The van der Waals surface area contributed by atoms with E-state index in [0.29, 0.717) is 32.5 Å². The Bertz CT molecular complexity index is 1690. The van der Waals surface area contributed by atoms with Crippen LogP contribution in [0.25, 0.3) is 10.2 Å². The fraction of sp³-hybridized carbons (Fsp3) is 0.261. The van der Waals surface area contributed by atoms with Gasteiger partial charge in [-0.05, 0) is 54.8 Å². The first-order valence-corrected chi connectivity index (χ1v) is 16.5. The SMILES string of the molecule is CS(=O)(=O)c1ccc2nc(N(Cc3cccnc3)C(=O)C3CCCN3S(=O)(=O)c3ccc(Cl)s3)sc2c1. The molecule has 37 heavy (non-hydrogen) atoms. The Morgan fingerprint density at radius 1 is 1.16 bits per heavy atom. The first-order chi connectivity index (χ1) is 17.5. The monoisotopic (exact) mass is 596 g/mol. The number of thiazole rings is 1. The summed E-state index contributed by atoms with van der Waals surface area (Å²) < 4.78 is 53.1. The minimum absolute atomic E-state index is 0.0873. The van der Waals surface area contributed by atoms with Crippen LogP contribution in [0, 0.1) is 0 Å². The lowest BCUT2D eigenvalue weighted by Crippen LogP contribution is -2.47. The van der Waals surface area contributed by atoms with Gasteiger partial charge in [0.25, 0.3) is 10.0 Å². The summed E-state index contributed by atoms with van der Waals surface area (Å²) in [4.78, 5) is 24.3. The number of rotatable bonds is 7. The number of sulfone groups is 1. The van der Waals surface area contributed by atoms with Crippen molar-refractivity contribution < 1.29 is 21.6 Å². The van der Waals surface area contributed by atoms with Crippen LogP contribution in [0.5, 0.6) is 0 Å². The van der Waals surface area contributed by atoms with E-state index < -0.39 is 31.8 Å². The molecule has 1 saturated heterocycles. The molecular formula is C23H21ClN4O5S4. The van der Waals surface area contributed by atoms with Crippen molar-refractivity contribution in [2.24, 2.45) is 0 Å². The topological polar surface area (TPSA) is 118 Å². The van der Waals surface area contributed by atoms with E-state index in [4.69, 9.17) is 11.6 Å². The van der Waals surface area contributed by atoms with Gasteiger partial charge in [-0.15, -0.1) is 11.3 Å². The van der Waals surface area contributed by atoms with Gasteiger partial charge < -0.3 is 0 Å². The zero-order chi connectivity index (χ0) is 26.4. The predicted octanol–water partition coefficient (Wildman–Crippen LogP) is 4.20. The number of carbonyl (C=O) groups is 1. The molecule has 194 valence electrons. The van der Waals surface area contributed by atoms with Crippen LogP contribution in [0.4, 0.5) is 5.13 Å². The lowest BCUT2D eigenvalue weighted by atomic mass is 10.2. The third kappa shape index (κ3) is 5.29. The Labute approximate surface area is 227 Å². The highest BCUT2D eigenvalue weighted by Crippen LogP contribution is 2.36. The molecule has 0 aliphatic carbocycles. The van der Waals surface area contributed by atoms with Crippen molar-refractivity contribution in [3.63, 3.8) is 0 Å². The summed E-state index contributed by atoms with van der Waals surface area (Å²) >= 11 is 8.11. The maximum Gasteiger partial charge on any atom is 0.253 e. The number of halogens is 1. The van der Waals surface area contributed by atoms with Gasteiger partial charge in [0.2, 0.25) is 5.91 Å². The molecule has 9 nitrogen and oxygen atoms in total. The number of amides is 1. The smallest absolute Gasteiger partial charge is 0.253 e. The molecule has 0 bridgehead atoms. The third-order valence-corrected chi connectivity index (χ3v) is 11.7. The molecule has 1 aromatic carbocycles. The summed E-state index contributed by atoms with van der Waals surface area (Å²) in [6, 6.07) is 10.2. The van der Waals surface area contributed by atoms with Gasteiger partial charge in [-0.2, -0.15) is 4.31 Å². The number of anilines is 1. The highest BCUT2D eigenvalue weighted by atomic mass is 35.5. The van der Waals surface area contributed by atoms with Crippen molar-refractivity contribution >= 4 is 75.4 Å². The van der Waals surface area contributed by atoms with Gasteiger partial charge in [-0.3, -0.25) is 14.7 Å². The molecule has 0 N–H and O–H groups in total. The van der Waals surface area contributed by atoms with Crippen LogP contribution in [-0.2, 0) is 31.2 Å². The molecule has 1 fully saturated rings. The summed E-state index contributed by atoms with van der Waals surface area (Å²) in [6.07, 6.45) is 5.28. The average Bonchev–Trinajstić information content (AvgIpc) is 3.61. The molecule has 1 aliphatic rings. The van der Waals surface area contributed by atoms with Crippen LogP contribution in [0.1, 0.15) is 18.4 Å². The normalized spacial score (nSPS) is 16.9. The molecule has 5 rings (SSSR count). The molecule has 1 unspecified atom stereocenters. The summed E-state index contributed by atoms with van der Waals surface area (Å²) in [5.74, 6) is -0.407. The molecule has 0 saturated carbocycles. The summed E-state index contributed by atoms with van der Waals surface area (Å²) in [5.41, 5.74) is 1.28. The van der Waals surface area contributed by atoms with Gasteiger partial charge in [0.05, 0.1) is 26.0 Å². The van der Waals surface area contributed by atoms with E-state index in [1.54, 1.807) is 24.5 Å². The van der Waals surface area contributed by atoms with Crippen molar-refractivity contribution in [2.75, 3.05) is 17.7 Å². The lowest BCUT2D eigenvalue weighted by molar-refractivity contribution is -0.121. The molecule has 1 atom stereocenters. The fourth-order valence-corrected chi connectivity index (χ4v) is 9.15. The molecule has 4 heterocycles. The molecule has 1 amide bonds. The molecule has 4 aromatic rings. The number of pyridine rings is 1. The number of fused-ring (bicyclic) bond motifs is 1. The molecule has 0 radical (unpaired) electrons. The maximum absolute atomic E-state index is 14.0. The summed E-state index contributed by atoms with van der Waals surface area (Å²) in [7, 11) is -7.35. The zero-order valence-electron chi connectivity index (χ0n) is 19.4. The number of thiophene rings is 1. The van der Waals surface area contributed by atoms with Crippen LogP contribution in [0.3, 0.4) is 0 Å². The number of aromatic nitrogens is 2. The Morgan fingerprint density at radius 2 is 1.97 bits per heavy atom. The van der Waals surface area contributed by atoms with Crippen molar-refractivity contribution in [1.82, 2.24) is 14.3 Å². The second kappa shape index (κ2) is 10.0. The Hall–Kier alpha value is -2.42. The van der Waals surface area contributed by atoms with Gasteiger partial charge in [0, 0.05) is 25.2 Å². The predicted molar refractivity (Wildman–Crippen MR) is 144 cm³/mol. The van der Waals surface area contributed by atoms with Gasteiger partial charge in [0.15, 0.2) is 15.0 Å². The Balaban J connectivity index is 1.54. The van der Waals surface area contributed by atoms with E-state index in [2.05, 4.69) is 9.97 Å².